The number of alkyl halides is 4. The van der Waals surface area contributed by atoms with Gasteiger partial charge in [-0.05, 0) is 63.9 Å². The van der Waals surface area contributed by atoms with Gasteiger partial charge in [-0.2, -0.15) is 13.2 Å². The van der Waals surface area contributed by atoms with Gasteiger partial charge in [0, 0.05) is 4.90 Å². The lowest BCUT2D eigenvalue weighted by molar-refractivity contribution is -0.137. The molecule has 0 radical (unpaired) electrons. The molecule has 176 valence electrons. The number of carbonyl (C=O) groups excluding carboxylic acids is 1. The molecule has 0 aliphatic heterocycles. The molecular formula is C25H30ClF3O2S. The van der Waals surface area contributed by atoms with Gasteiger partial charge in [0.25, 0.3) is 0 Å². The molecule has 0 aliphatic rings. The van der Waals surface area contributed by atoms with Crippen LogP contribution in [0.4, 0.5) is 13.2 Å². The van der Waals surface area contributed by atoms with Crippen molar-refractivity contribution in [2.75, 3.05) is 0 Å². The van der Waals surface area contributed by atoms with Crippen molar-refractivity contribution in [1.29, 1.82) is 0 Å². The van der Waals surface area contributed by atoms with Crippen molar-refractivity contribution in [2.45, 2.75) is 81.8 Å². The van der Waals surface area contributed by atoms with Gasteiger partial charge in [0.2, 0.25) is 5.12 Å². The summed E-state index contributed by atoms with van der Waals surface area (Å²) in [5.41, 5.74) is 2.63. The highest BCUT2D eigenvalue weighted by molar-refractivity contribution is 8.14. The van der Waals surface area contributed by atoms with Crippen LogP contribution in [0.5, 0.6) is 0 Å². The molecule has 0 spiro atoms. The number of carbonyl (C=O) groups is 1. The third kappa shape index (κ3) is 6.30. The average molecular weight is 487 g/mol. The Bertz CT molecular complexity index is 908. The maximum atomic E-state index is 13.0. The van der Waals surface area contributed by atoms with Crippen molar-refractivity contribution >= 4 is 28.5 Å². The lowest BCUT2D eigenvalue weighted by Gasteiger charge is -2.23. The van der Waals surface area contributed by atoms with E-state index in [0.29, 0.717) is 5.92 Å². The van der Waals surface area contributed by atoms with Crippen LogP contribution in [-0.2, 0) is 11.0 Å². The topological polar surface area (TPSA) is 37.3 Å². The minimum atomic E-state index is -4.47. The van der Waals surface area contributed by atoms with E-state index in [1.807, 2.05) is 0 Å². The summed E-state index contributed by atoms with van der Waals surface area (Å²) in [4.78, 5) is 13.9. The van der Waals surface area contributed by atoms with E-state index in [2.05, 4.69) is 53.7 Å². The molecule has 0 aliphatic carbocycles. The lowest BCUT2D eigenvalue weighted by Crippen LogP contribution is -2.21. The summed E-state index contributed by atoms with van der Waals surface area (Å²) in [6.07, 6.45) is -5.89. The summed E-state index contributed by atoms with van der Waals surface area (Å²) in [7, 11) is 0. The fraction of sp³-hybridized carbons (Fsp3) is 0.480. The first-order valence-corrected chi connectivity index (χ1v) is 11.9. The Morgan fingerprint density at radius 2 is 1.34 bits per heavy atom. The van der Waals surface area contributed by atoms with E-state index in [9.17, 15) is 23.1 Å². The van der Waals surface area contributed by atoms with Crippen LogP contribution < -0.4 is 0 Å². The van der Waals surface area contributed by atoms with E-state index in [1.165, 1.54) is 5.56 Å². The Morgan fingerprint density at radius 1 is 0.875 bits per heavy atom. The number of hydrogen-bond donors (Lipinski definition) is 1. The highest BCUT2D eigenvalue weighted by atomic mass is 35.5. The molecule has 0 aromatic heterocycles. The van der Waals surface area contributed by atoms with Crippen molar-refractivity contribution < 1.29 is 23.1 Å². The van der Waals surface area contributed by atoms with Crippen LogP contribution in [0.25, 0.3) is 0 Å². The molecule has 0 saturated carbocycles. The minimum absolute atomic E-state index is 0.162. The van der Waals surface area contributed by atoms with Gasteiger partial charge in [-0.3, -0.25) is 4.79 Å². The summed E-state index contributed by atoms with van der Waals surface area (Å²) >= 11 is 7.30. The molecule has 2 aromatic rings. The molecule has 2 aromatic carbocycles. The van der Waals surface area contributed by atoms with Crippen LogP contribution in [0.3, 0.4) is 0 Å². The first-order valence-electron chi connectivity index (χ1n) is 10.6. The number of thioether (sulfide) groups is 1. The summed E-state index contributed by atoms with van der Waals surface area (Å²) in [5.74, 6) is 0.687. The van der Waals surface area contributed by atoms with Crippen molar-refractivity contribution in [3.63, 3.8) is 0 Å². The molecular weight excluding hydrogens is 457 g/mol. The average Bonchev–Trinajstić information content (AvgIpc) is 2.71. The van der Waals surface area contributed by atoms with E-state index in [1.54, 1.807) is 0 Å². The van der Waals surface area contributed by atoms with Crippen molar-refractivity contribution in [3.8, 4) is 0 Å². The van der Waals surface area contributed by atoms with Gasteiger partial charge in [-0.15, -0.1) is 11.6 Å². The second-order valence-electron chi connectivity index (χ2n) is 8.88. The largest absolute Gasteiger partial charge is 0.416 e. The van der Waals surface area contributed by atoms with E-state index in [4.69, 9.17) is 11.6 Å². The summed E-state index contributed by atoms with van der Waals surface area (Å²) in [5, 5.41) is 8.81. The molecule has 2 rings (SSSR count). The van der Waals surface area contributed by atoms with Crippen LogP contribution in [0, 0.1) is 0 Å². The smallest absolute Gasteiger partial charge is 0.386 e. The predicted octanol–water partition coefficient (Wildman–Crippen LogP) is 8.04. The van der Waals surface area contributed by atoms with Gasteiger partial charge in [-0.25, -0.2) is 0 Å². The standard InChI is InChI=1S/C25H30ClF3O2S/c1-13(2)17-11-19(14(3)4)23(20(12-17)15(5)6)32-24(31)21(26)22(30)16-7-9-18(10-8-16)25(27,28)29/h7-15,21-22,30H,1-6H3/t21-,22+/m0/s1. The molecule has 1 N–H and O–H groups in total. The minimum Gasteiger partial charge on any atom is -0.386 e. The summed E-state index contributed by atoms with van der Waals surface area (Å²) < 4.78 is 38.4. The zero-order valence-corrected chi connectivity index (χ0v) is 20.7. The molecule has 0 amide bonds. The summed E-state index contributed by atoms with van der Waals surface area (Å²) in [6.45, 7) is 12.5. The van der Waals surface area contributed by atoms with Crippen LogP contribution >= 0.6 is 23.4 Å². The van der Waals surface area contributed by atoms with Crippen LogP contribution in [0.1, 0.15) is 93.2 Å². The normalized spacial score (nSPS) is 14.3. The number of aliphatic hydroxyl groups excluding tert-OH is 1. The molecule has 2 atom stereocenters. The van der Waals surface area contributed by atoms with Gasteiger partial charge in [0.15, 0.2) is 0 Å². The van der Waals surface area contributed by atoms with E-state index < -0.39 is 28.3 Å². The molecule has 7 heteroatoms. The molecule has 0 fully saturated rings. The zero-order valence-electron chi connectivity index (χ0n) is 19.1. The highest BCUT2D eigenvalue weighted by Gasteiger charge is 2.32. The van der Waals surface area contributed by atoms with E-state index >= 15 is 0 Å². The maximum absolute atomic E-state index is 13.0. The first kappa shape index (κ1) is 26.7. The number of rotatable bonds is 7. The number of aliphatic hydroxyl groups is 1. The third-order valence-corrected chi connectivity index (χ3v) is 7.06. The van der Waals surface area contributed by atoms with Gasteiger partial charge < -0.3 is 5.11 Å². The molecule has 0 bridgehead atoms. The highest BCUT2D eigenvalue weighted by Crippen LogP contribution is 2.40. The van der Waals surface area contributed by atoms with Crippen LogP contribution in [-0.4, -0.2) is 15.6 Å². The first-order chi connectivity index (χ1) is 14.7. The number of hydrogen-bond acceptors (Lipinski definition) is 3. The monoisotopic (exact) mass is 486 g/mol. The zero-order chi connectivity index (χ0) is 24.4. The fourth-order valence-electron chi connectivity index (χ4n) is 3.33. The Labute approximate surface area is 197 Å². The van der Waals surface area contributed by atoms with Crippen molar-refractivity contribution in [2.24, 2.45) is 0 Å². The predicted molar refractivity (Wildman–Crippen MR) is 126 cm³/mol. The Kier molecular flexibility index (Phi) is 8.88. The second kappa shape index (κ2) is 10.6. The molecule has 0 saturated heterocycles. The third-order valence-electron chi connectivity index (χ3n) is 5.36. The van der Waals surface area contributed by atoms with E-state index in [-0.39, 0.29) is 17.4 Å². The molecule has 0 unspecified atom stereocenters. The Balaban J connectivity index is 2.34. The van der Waals surface area contributed by atoms with Gasteiger partial charge in [-0.1, -0.05) is 65.8 Å². The summed E-state index contributed by atoms with van der Waals surface area (Å²) in [6, 6.07) is 8.28. The Morgan fingerprint density at radius 3 is 1.72 bits per heavy atom. The van der Waals surface area contributed by atoms with Crippen LogP contribution in [0.2, 0.25) is 0 Å². The second-order valence-corrected chi connectivity index (χ2v) is 10.4. The molecule has 0 heterocycles. The van der Waals surface area contributed by atoms with Crippen LogP contribution in [0.15, 0.2) is 41.3 Å². The van der Waals surface area contributed by atoms with Crippen molar-refractivity contribution in [1.82, 2.24) is 0 Å². The van der Waals surface area contributed by atoms with E-state index in [0.717, 1.165) is 52.0 Å². The lowest BCUT2D eigenvalue weighted by atomic mass is 9.89. The maximum Gasteiger partial charge on any atom is 0.416 e. The number of halogens is 4. The van der Waals surface area contributed by atoms with Crippen molar-refractivity contribution in [3.05, 3.63) is 64.2 Å². The SMILES string of the molecule is CC(C)c1cc(C(C)C)c(SC(=O)[C@@H](Cl)[C@H](O)c2ccc(C(F)(F)F)cc2)c(C(C)C)c1. The number of benzene rings is 2. The molecule has 2 nitrogen and oxygen atoms in total. The van der Waals surface area contributed by atoms with Gasteiger partial charge in [0.1, 0.15) is 11.5 Å². The Hall–Kier alpha value is -1.50. The van der Waals surface area contributed by atoms with Gasteiger partial charge >= 0.3 is 6.18 Å². The molecule has 32 heavy (non-hydrogen) atoms. The quantitative estimate of drug-likeness (QED) is 0.318. The van der Waals surface area contributed by atoms with Gasteiger partial charge in [0.05, 0.1) is 5.56 Å². The fourth-order valence-corrected chi connectivity index (χ4v) is 4.88.